The molecule has 1 aliphatic heterocycles. The van der Waals surface area contributed by atoms with Gasteiger partial charge in [0.15, 0.2) is 11.5 Å². The Morgan fingerprint density at radius 3 is 2.56 bits per heavy atom. The van der Waals surface area contributed by atoms with E-state index in [0.29, 0.717) is 28.9 Å². The smallest absolute Gasteiger partial charge is 0.339 e. The number of carbonyl (C=O) groups is 1. The highest BCUT2D eigenvalue weighted by Gasteiger charge is 2.36. The van der Waals surface area contributed by atoms with E-state index < -0.39 is 22.5 Å². The highest BCUT2D eigenvalue weighted by molar-refractivity contribution is 6.31. The molecule has 0 radical (unpaired) electrons. The average Bonchev–Trinajstić information content (AvgIpc) is 2.94. The zero-order valence-electron chi connectivity index (χ0n) is 21.0. The highest BCUT2D eigenvalue weighted by Crippen LogP contribution is 2.40. The summed E-state index contributed by atoms with van der Waals surface area (Å²) in [5, 5.41) is 12.5. The fourth-order valence-electron chi connectivity index (χ4n) is 4.81. The number of carbonyl (C=O) groups excluding carboxylic acids is 1. The van der Waals surface area contributed by atoms with E-state index in [9.17, 15) is 19.7 Å². The van der Waals surface area contributed by atoms with E-state index in [1.54, 1.807) is 30.3 Å². The summed E-state index contributed by atoms with van der Waals surface area (Å²) in [7, 11) is 3.04. The van der Waals surface area contributed by atoms with Gasteiger partial charge in [-0.3, -0.25) is 14.9 Å². The molecule has 0 saturated heterocycles. The first kappa shape index (κ1) is 26.1. The first-order chi connectivity index (χ1) is 18.8. The molecule has 11 heteroatoms. The number of para-hydroxylation sites is 1. The lowest BCUT2D eigenvalue weighted by atomic mass is 9.91. The van der Waals surface area contributed by atoms with Gasteiger partial charge in [-0.2, -0.15) is 0 Å². The van der Waals surface area contributed by atoms with E-state index in [1.165, 1.54) is 43.4 Å². The number of fused-ring (bicyclic) bond motifs is 2. The molecule has 0 N–H and O–H groups in total. The molecule has 200 valence electrons. The molecule has 1 atom stereocenters. The number of nitro benzene ring substituents is 1. The molecule has 3 aromatic carbocycles. The van der Waals surface area contributed by atoms with Gasteiger partial charge in [-0.15, -0.1) is 0 Å². The summed E-state index contributed by atoms with van der Waals surface area (Å²) in [5.41, 5.74) is 0.924. The summed E-state index contributed by atoms with van der Waals surface area (Å²) in [6, 6.07) is 15.0. The quantitative estimate of drug-likeness (QED) is 0.175. The second kappa shape index (κ2) is 10.7. The summed E-state index contributed by atoms with van der Waals surface area (Å²) >= 11 is 6.12. The molecular weight excluding hydrogens is 528 g/mol. The van der Waals surface area contributed by atoms with Crippen LogP contribution in [0.25, 0.3) is 11.0 Å². The number of hydrogen-bond acceptors (Lipinski definition) is 8. The summed E-state index contributed by atoms with van der Waals surface area (Å²) in [6.07, 6.45) is 0.462. The van der Waals surface area contributed by atoms with E-state index in [4.69, 9.17) is 30.2 Å². The number of nitro groups is 1. The Balaban J connectivity index is 1.59. The standard InChI is InChI=1S/C28H23ClN2O8/c1-36-25-11-16-9-10-30(28(33)20-12-17(29)7-8-21(20)31(34)35)22(19(16)13-26(25)37-2)15-38-24-14-27(32)39-23-6-4-3-5-18(23)24/h3-8,11-14,22H,9-10,15H2,1-2H3. The number of rotatable bonds is 7. The van der Waals surface area contributed by atoms with Crippen molar-refractivity contribution >= 4 is 34.2 Å². The van der Waals surface area contributed by atoms with Crippen molar-refractivity contribution in [1.82, 2.24) is 4.90 Å². The summed E-state index contributed by atoms with van der Waals surface area (Å²) in [6.45, 7) is 0.187. The molecule has 5 rings (SSSR count). The summed E-state index contributed by atoms with van der Waals surface area (Å²) in [5.74, 6) is 0.703. The number of ether oxygens (including phenoxy) is 3. The van der Waals surface area contributed by atoms with Crippen molar-refractivity contribution in [3.63, 3.8) is 0 Å². The molecule has 1 aromatic heterocycles. The van der Waals surface area contributed by atoms with Gasteiger partial charge < -0.3 is 23.5 Å². The van der Waals surface area contributed by atoms with Crippen molar-refractivity contribution in [3.05, 3.63) is 103 Å². The van der Waals surface area contributed by atoms with Crippen LogP contribution in [0.5, 0.6) is 17.2 Å². The van der Waals surface area contributed by atoms with Crippen LogP contribution in [0.4, 0.5) is 5.69 Å². The largest absolute Gasteiger partial charge is 0.493 e. The zero-order chi connectivity index (χ0) is 27.7. The molecule has 0 bridgehead atoms. The fraction of sp³-hybridized carbons (Fsp3) is 0.214. The van der Waals surface area contributed by atoms with Gasteiger partial charge in [0.05, 0.1) is 36.6 Å². The van der Waals surface area contributed by atoms with E-state index >= 15 is 0 Å². The number of methoxy groups -OCH3 is 2. The van der Waals surface area contributed by atoms with Crippen LogP contribution in [0.3, 0.4) is 0 Å². The molecular formula is C28H23ClN2O8. The topological polar surface area (TPSA) is 121 Å². The van der Waals surface area contributed by atoms with Crippen molar-refractivity contribution in [2.24, 2.45) is 0 Å². The lowest BCUT2D eigenvalue weighted by molar-refractivity contribution is -0.385. The molecule has 1 unspecified atom stereocenters. The number of nitrogens with zero attached hydrogens (tertiary/aromatic N) is 2. The minimum absolute atomic E-state index is 0.0595. The molecule has 0 saturated carbocycles. The number of halogens is 1. The molecule has 39 heavy (non-hydrogen) atoms. The van der Waals surface area contributed by atoms with E-state index in [0.717, 1.165) is 11.1 Å². The third-order valence-corrected chi connectivity index (χ3v) is 6.89. The first-order valence-corrected chi connectivity index (χ1v) is 12.3. The predicted molar refractivity (Wildman–Crippen MR) is 143 cm³/mol. The molecule has 0 aliphatic carbocycles. The Labute approximate surface area is 227 Å². The minimum atomic E-state index is -0.689. The maximum atomic E-state index is 13.8. The molecule has 0 spiro atoms. The van der Waals surface area contributed by atoms with Gasteiger partial charge in [-0.05, 0) is 53.9 Å². The molecule has 4 aromatic rings. The summed E-state index contributed by atoms with van der Waals surface area (Å²) in [4.78, 5) is 38.6. The van der Waals surface area contributed by atoms with E-state index in [1.807, 2.05) is 6.07 Å². The van der Waals surface area contributed by atoms with Crippen LogP contribution in [-0.4, -0.2) is 43.1 Å². The molecule has 1 amide bonds. The number of amides is 1. The Morgan fingerprint density at radius 1 is 1.08 bits per heavy atom. The van der Waals surface area contributed by atoms with Gasteiger partial charge in [0.1, 0.15) is 23.5 Å². The van der Waals surface area contributed by atoms with Crippen molar-refractivity contribution in [3.8, 4) is 17.2 Å². The third-order valence-electron chi connectivity index (χ3n) is 6.66. The van der Waals surface area contributed by atoms with Crippen LogP contribution in [0.1, 0.15) is 27.5 Å². The fourth-order valence-corrected chi connectivity index (χ4v) is 4.99. The van der Waals surface area contributed by atoms with Crippen LogP contribution in [0.2, 0.25) is 5.02 Å². The first-order valence-electron chi connectivity index (χ1n) is 12.0. The van der Waals surface area contributed by atoms with Crippen LogP contribution in [0, 0.1) is 10.1 Å². The Hall–Kier alpha value is -4.57. The minimum Gasteiger partial charge on any atom is -0.493 e. The van der Waals surface area contributed by atoms with Crippen molar-refractivity contribution in [1.29, 1.82) is 0 Å². The van der Waals surface area contributed by atoms with Crippen molar-refractivity contribution in [2.75, 3.05) is 27.4 Å². The van der Waals surface area contributed by atoms with Gasteiger partial charge in [0, 0.05) is 17.6 Å². The predicted octanol–water partition coefficient (Wildman–Crippen LogP) is 5.19. The van der Waals surface area contributed by atoms with Gasteiger partial charge in [0.2, 0.25) is 0 Å². The maximum Gasteiger partial charge on any atom is 0.339 e. The van der Waals surface area contributed by atoms with Gasteiger partial charge in [-0.25, -0.2) is 4.79 Å². The number of benzene rings is 3. The van der Waals surface area contributed by atoms with Crippen molar-refractivity contribution in [2.45, 2.75) is 12.5 Å². The molecule has 2 heterocycles. The lowest BCUT2D eigenvalue weighted by Gasteiger charge is -2.37. The lowest BCUT2D eigenvalue weighted by Crippen LogP contribution is -2.42. The van der Waals surface area contributed by atoms with E-state index in [-0.39, 0.29) is 35.2 Å². The molecule has 1 aliphatic rings. The Bertz CT molecular complexity index is 1650. The van der Waals surface area contributed by atoms with E-state index in [2.05, 4.69) is 0 Å². The third kappa shape index (κ3) is 4.98. The van der Waals surface area contributed by atoms with Gasteiger partial charge >= 0.3 is 5.63 Å². The molecule has 0 fully saturated rings. The normalized spacial score (nSPS) is 14.5. The van der Waals surface area contributed by atoms with Crippen molar-refractivity contribution < 1.29 is 28.3 Å². The van der Waals surface area contributed by atoms with Crippen LogP contribution >= 0.6 is 11.6 Å². The Kier molecular flexibility index (Phi) is 7.12. The van der Waals surface area contributed by atoms with Crippen LogP contribution in [0.15, 0.2) is 69.9 Å². The van der Waals surface area contributed by atoms with Gasteiger partial charge in [-0.1, -0.05) is 23.7 Å². The molecule has 10 nitrogen and oxygen atoms in total. The maximum absolute atomic E-state index is 13.8. The zero-order valence-corrected chi connectivity index (χ0v) is 21.8. The summed E-state index contributed by atoms with van der Waals surface area (Å²) < 4.78 is 22.4. The van der Waals surface area contributed by atoms with Gasteiger partial charge in [0.25, 0.3) is 11.6 Å². The van der Waals surface area contributed by atoms with Crippen LogP contribution in [-0.2, 0) is 6.42 Å². The second-order valence-corrected chi connectivity index (χ2v) is 9.26. The average molecular weight is 551 g/mol. The number of hydrogen-bond donors (Lipinski definition) is 0. The second-order valence-electron chi connectivity index (χ2n) is 8.83. The Morgan fingerprint density at radius 2 is 1.82 bits per heavy atom. The van der Waals surface area contributed by atoms with Crippen LogP contribution < -0.4 is 19.8 Å². The monoisotopic (exact) mass is 550 g/mol. The highest BCUT2D eigenvalue weighted by atomic mass is 35.5. The SMILES string of the molecule is COc1cc2c(cc1OC)C(COc1cc(=O)oc3ccccc13)N(C(=O)c1cc(Cl)ccc1[N+](=O)[O-])CC2.